The summed E-state index contributed by atoms with van der Waals surface area (Å²) in [4.78, 5) is 12.0. The van der Waals surface area contributed by atoms with Crippen molar-refractivity contribution in [2.45, 2.75) is 26.8 Å². The molecule has 2 aromatic rings. The predicted octanol–water partition coefficient (Wildman–Crippen LogP) is 3.71. The molecule has 1 aromatic carbocycles. The van der Waals surface area contributed by atoms with Crippen LogP contribution in [0.3, 0.4) is 0 Å². The van der Waals surface area contributed by atoms with Crippen LogP contribution in [0.2, 0.25) is 10.0 Å². The van der Waals surface area contributed by atoms with E-state index in [0.29, 0.717) is 10.0 Å². The van der Waals surface area contributed by atoms with Crippen LogP contribution < -0.4 is 5.56 Å². The molecule has 0 aliphatic rings. The SMILES string of the molecule is Cc1[nH]n(C(C)c2ccc(Cl)c(Cl)c2)c(=O)c1C. The molecule has 5 heteroatoms. The molecule has 0 amide bonds. The Hall–Kier alpha value is -1.19. The maximum Gasteiger partial charge on any atom is 0.270 e. The highest BCUT2D eigenvalue weighted by molar-refractivity contribution is 6.42. The summed E-state index contributed by atoms with van der Waals surface area (Å²) in [7, 11) is 0. The van der Waals surface area contributed by atoms with Gasteiger partial charge in [0.05, 0.1) is 16.1 Å². The van der Waals surface area contributed by atoms with Gasteiger partial charge in [0.15, 0.2) is 0 Å². The molecule has 0 aliphatic carbocycles. The van der Waals surface area contributed by atoms with Gasteiger partial charge in [-0.3, -0.25) is 9.89 Å². The lowest BCUT2D eigenvalue weighted by atomic mass is 10.1. The van der Waals surface area contributed by atoms with Crippen molar-refractivity contribution in [1.29, 1.82) is 0 Å². The molecule has 1 atom stereocenters. The standard InChI is InChI=1S/C13H14Cl2N2O/c1-7-8(2)16-17(13(7)18)9(3)10-4-5-11(14)12(15)6-10/h4-6,9,16H,1-3H3. The molecular formula is C13H14Cl2N2O. The Kier molecular flexibility index (Phi) is 3.55. The molecular weight excluding hydrogens is 271 g/mol. The number of aryl methyl sites for hydroxylation is 1. The van der Waals surface area contributed by atoms with Crippen LogP contribution in [0.1, 0.15) is 29.8 Å². The zero-order chi connectivity index (χ0) is 13.4. The van der Waals surface area contributed by atoms with E-state index in [9.17, 15) is 4.79 Å². The predicted molar refractivity (Wildman–Crippen MR) is 74.8 cm³/mol. The minimum absolute atomic E-state index is 0.00827. The molecule has 1 aromatic heterocycles. The van der Waals surface area contributed by atoms with Crippen LogP contribution in [-0.2, 0) is 0 Å². The lowest BCUT2D eigenvalue weighted by Crippen LogP contribution is -2.22. The van der Waals surface area contributed by atoms with E-state index in [2.05, 4.69) is 5.10 Å². The van der Waals surface area contributed by atoms with E-state index in [-0.39, 0.29) is 11.6 Å². The van der Waals surface area contributed by atoms with Crippen LogP contribution >= 0.6 is 23.2 Å². The van der Waals surface area contributed by atoms with Crippen LogP contribution in [0.25, 0.3) is 0 Å². The maximum absolute atomic E-state index is 12.0. The number of halogens is 2. The van der Waals surface area contributed by atoms with E-state index in [1.807, 2.05) is 26.8 Å². The van der Waals surface area contributed by atoms with Crippen molar-refractivity contribution < 1.29 is 0 Å². The fourth-order valence-corrected chi connectivity index (χ4v) is 2.16. The summed E-state index contributed by atoms with van der Waals surface area (Å²) in [5.74, 6) is 0. The van der Waals surface area contributed by atoms with E-state index >= 15 is 0 Å². The second-order valence-corrected chi connectivity index (χ2v) is 5.20. The Morgan fingerprint density at radius 3 is 2.39 bits per heavy atom. The Balaban J connectivity index is 2.47. The molecule has 0 spiro atoms. The van der Waals surface area contributed by atoms with Crippen molar-refractivity contribution in [2.75, 3.05) is 0 Å². The molecule has 1 N–H and O–H groups in total. The molecule has 18 heavy (non-hydrogen) atoms. The highest BCUT2D eigenvalue weighted by atomic mass is 35.5. The second kappa shape index (κ2) is 4.82. The third-order valence-electron chi connectivity index (χ3n) is 3.20. The monoisotopic (exact) mass is 284 g/mol. The lowest BCUT2D eigenvalue weighted by molar-refractivity contribution is 0.544. The minimum Gasteiger partial charge on any atom is -0.299 e. The van der Waals surface area contributed by atoms with Gasteiger partial charge in [0, 0.05) is 11.3 Å². The Bertz CT molecular complexity index is 643. The molecule has 0 fully saturated rings. The summed E-state index contributed by atoms with van der Waals surface area (Å²) in [6.45, 7) is 5.64. The normalized spacial score (nSPS) is 12.7. The molecule has 96 valence electrons. The number of aromatic nitrogens is 2. The molecule has 1 unspecified atom stereocenters. The smallest absolute Gasteiger partial charge is 0.270 e. The van der Waals surface area contributed by atoms with Gasteiger partial charge in [-0.15, -0.1) is 0 Å². The van der Waals surface area contributed by atoms with Gasteiger partial charge in [0.2, 0.25) is 0 Å². The summed E-state index contributed by atoms with van der Waals surface area (Å²) in [6, 6.07) is 5.28. The van der Waals surface area contributed by atoms with Crippen LogP contribution in [0.15, 0.2) is 23.0 Å². The first-order chi connectivity index (χ1) is 8.41. The van der Waals surface area contributed by atoms with E-state index in [0.717, 1.165) is 16.8 Å². The summed E-state index contributed by atoms with van der Waals surface area (Å²) in [5, 5.41) is 4.08. The Labute approximate surface area is 115 Å². The number of nitrogens with zero attached hydrogens (tertiary/aromatic N) is 1. The molecule has 2 rings (SSSR count). The summed E-state index contributed by atoms with van der Waals surface area (Å²) in [5.41, 5.74) is 2.55. The Morgan fingerprint density at radius 1 is 1.22 bits per heavy atom. The number of hydrogen-bond acceptors (Lipinski definition) is 1. The number of benzene rings is 1. The molecule has 0 aliphatic heterocycles. The first-order valence-corrected chi connectivity index (χ1v) is 6.40. The van der Waals surface area contributed by atoms with Gasteiger partial charge >= 0.3 is 0 Å². The quantitative estimate of drug-likeness (QED) is 0.897. The van der Waals surface area contributed by atoms with Crippen LogP contribution in [0, 0.1) is 13.8 Å². The number of H-pyrrole nitrogens is 1. The lowest BCUT2D eigenvalue weighted by Gasteiger charge is -2.13. The third kappa shape index (κ3) is 2.20. The van der Waals surface area contributed by atoms with Gasteiger partial charge in [-0.1, -0.05) is 29.3 Å². The first-order valence-electron chi connectivity index (χ1n) is 5.64. The van der Waals surface area contributed by atoms with Crippen molar-refractivity contribution >= 4 is 23.2 Å². The minimum atomic E-state index is -0.111. The highest BCUT2D eigenvalue weighted by Crippen LogP contribution is 2.26. The van der Waals surface area contributed by atoms with Crippen molar-refractivity contribution in [2.24, 2.45) is 0 Å². The van der Waals surface area contributed by atoms with Crippen molar-refractivity contribution in [3.8, 4) is 0 Å². The van der Waals surface area contributed by atoms with Crippen molar-refractivity contribution in [1.82, 2.24) is 9.78 Å². The molecule has 1 heterocycles. The fourth-order valence-electron chi connectivity index (χ4n) is 1.85. The Morgan fingerprint density at radius 2 is 1.89 bits per heavy atom. The topological polar surface area (TPSA) is 37.8 Å². The van der Waals surface area contributed by atoms with Gasteiger partial charge in [-0.2, -0.15) is 0 Å². The van der Waals surface area contributed by atoms with Crippen LogP contribution in [0.5, 0.6) is 0 Å². The van der Waals surface area contributed by atoms with E-state index in [4.69, 9.17) is 23.2 Å². The van der Waals surface area contributed by atoms with Crippen molar-refractivity contribution in [3.63, 3.8) is 0 Å². The van der Waals surface area contributed by atoms with Gasteiger partial charge in [-0.05, 0) is 38.5 Å². The van der Waals surface area contributed by atoms with Crippen molar-refractivity contribution in [3.05, 3.63) is 55.4 Å². The van der Waals surface area contributed by atoms with Crippen LogP contribution in [0.4, 0.5) is 0 Å². The van der Waals surface area contributed by atoms with E-state index < -0.39 is 0 Å². The zero-order valence-electron chi connectivity index (χ0n) is 10.4. The fraction of sp³-hybridized carbons (Fsp3) is 0.308. The first kappa shape index (κ1) is 13.2. The summed E-state index contributed by atoms with van der Waals surface area (Å²) >= 11 is 11.9. The van der Waals surface area contributed by atoms with Crippen LogP contribution in [-0.4, -0.2) is 9.78 Å². The highest BCUT2D eigenvalue weighted by Gasteiger charge is 2.15. The molecule has 0 radical (unpaired) electrons. The average molecular weight is 285 g/mol. The number of rotatable bonds is 2. The molecule has 3 nitrogen and oxygen atoms in total. The van der Waals surface area contributed by atoms with Gasteiger partial charge in [0.25, 0.3) is 5.56 Å². The molecule has 0 bridgehead atoms. The average Bonchev–Trinajstić information content (AvgIpc) is 2.60. The zero-order valence-corrected chi connectivity index (χ0v) is 11.9. The summed E-state index contributed by atoms with van der Waals surface area (Å²) in [6.07, 6.45) is 0. The summed E-state index contributed by atoms with van der Waals surface area (Å²) < 4.78 is 1.60. The van der Waals surface area contributed by atoms with E-state index in [1.165, 1.54) is 0 Å². The molecule has 0 saturated heterocycles. The number of hydrogen-bond donors (Lipinski definition) is 1. The second-order valence-electron chi connectivity index (χ2n) is 4.39. The van der Waals surface area contributed by atoms with Gasteiger partial charge in [0.1, 0.15) is 0 Å². The molecule has 0 saturated carbocycles. The number of aromatic amines is 1. The van der Waals surface area contributed by atoms with E-state index in [1.54, 1.807) is 16.8 Å². The third-order valence-corrected chi connectivity index (χ3v) is 3.94. The van der Waals surface area contributed by atoms with Gasteiger partial charge < -0.3 is 0 Å². The largest absolute Gasteiger partial charge is 0.299 e. The van der Waals surface area contributed by atoms with Gasteiger partial charge in [-0.25, -0.2) is 4.68 Å². The number of nitrogens with one attached hydrogen (secondary N) is 1. The maximum atomic E-state index is 12.0.